The second kappa shape index (κ2) is 15.1. The smallest absolute Gasteiger partial charge is 0.545 e. The minimum atomic E-state index is -1.56. The second-order valence-corrected chi connectivity index (χ2v) is 5.60. The van der Waals surface area contributed by atoms with Gasteiger partial charge in [-0.1, -0.05) is 6.92 Å². The first-order chi connectivity index (χ1) is 12.6. The second-order valence-electron chi connectivity index (χ2n) is 5.60. The molecule has 5 atom stereocenters. The topological polar surface area (TPSA) is 174 Å². The number of aliphatic carboxylic acids is 2. The first-order valence-electron chi connectivity index (χ1n) is 7.77. The largest absolute Gasteiger partial charge is 1.00 e. The van der Waals surface area contributed by atoms with E-state index in [1.54, 1.807) is 6.92 Å². The Morgan fingerprint density at radius 1 is 1.07 bits per heavy atom. The molecule has 1 amide bonds. The molecule has 1 heterocycles. The van der Waals surface area contributed by atoms with E-state index in [1.165, 1.54) is 7.11 Å². The van der Waals surface area contributed by atoms with Crippen molar-refractivity contribution >= 4 is 23.8 Å². The maximum Gasteiger partial charge on any atom is 1.00 e. The van der Waals surface area contributed by atoms with E-state index >= 15 is 0 Å². The zero-order chi connectivity index (χ0) is 20.6. The number of ether oxygens (including phenoxy) is 3. The summed E-state index contributed by atoms with van der Waals surface area (Å²) in [6.45, 7) is 1.27. The first-order valence-corrected chi connectivity index (χ1v) is 7.77. The van der Waals surface area contributed by atoms with Gasteiger partial charge in [-0.05, 0) is 12.2 Å². The Balaban J connectivity index is 0. The summed E-state index contributed by atoms with van der Waals surface area (Å²) < 4.78 is 15.5. The van der Waals surface area contributed by atoms with Crippen LogP contribution in [0.2, 0.25) is 0 Å². The summed E-state index contributed by atoms with van der Waals surface area (Å²) >= 11 is 0. The van der Waals surface area contributed by atoms with Crippen molar-refractivity contribution in [1.82, 2.24) is 5.32 Å². The summed E-state index contributed by atoms with van der Waals surface area (Å²) in [5.41, 5.74) is 0. The van der Waals surface area contributed by atoms with Crippen LogP contribution in [-0.4, -0.2) is 67.2 Å². The third-order valence-corrected chi connectivity index (χ3v) is 3.75. The molecule has 0 aromatic carbocycles. The van der Waals surface area contributed by atoms with Gasteiger partial charge < -0.3 is 44.4 Å². The van der Waals surface area contributed by atoms with Crippen molar-refractivity contribution in [2.24, 2.45) is 5.92 Å². The normalized spacial score (nSPS) is 26.2. The Morgan fingerprint density at radius 3 is 2.14 bits per heavy atom. The number of carbonyl (C=O) groups excluding carboxylic acids is 4. The van der Waals surface area contributed by atoms with Crippen molar-refractivity contribution in [3.05, 3.63) is 24.3 Å². The molecule has 1 aliphatic heterocycles. The molecule has 0 aliphatic carbocycles. The number of methoxy groups -OCH3 is 1. The molecular formula is C16H19NNa2O10. The van der Waals surface area contributed by atoms with Gasteiger partial charge >= 0.3 is 65.1 Å². The van der Waals surface area contributed by atoms with Gasteiger partial charge in [0.1, 0.15) is 12.6 Å². The van der Waals surface area contributed by atoms with E-state index in [0.717, 1.165) is 6.08 Å². The SMILES string of the molecule is COC1OC(COC(=O)/C=C/C(=O)[O-])C(C)C(O)C1NC(=O)/C=C/C(=O)[O-].[Na+].[Na+]. The van der Waals surface area contributed by atoms with Gasteiger partial charge in [0.05, 0.1) is 24.1 Å². The number of aliphatic hydroxyl groups excluding tert-OH is 1. The van der Waals surface area contributed by atoms with E-state index in [2.05, 4.69) is 5.32 Å². The van der Waals surface area contributed by atoms with E-state index in [1.807, 2.05) is 0 Å². The van der Waals surface area contributed by atoms with E-state index in [-0.39, 0.29) is 65.7 Å². The summed E-state index contributed by atoms with van der Waals surface area (Å²) in [6, 6.07) is -1.02. The number of carboxylic acid groups (broad SMARTS) is 2. The summed E-state index contributed by atoms with van der Waals surface area (Å²) in [6.07, 6.45) is -0.676. The standard InChI is InChI=1S/C16H21NO10.2Na/c1-8-9(7-26-13(23)6-5-12(21)22)27-16(25-2)14(15(8)24)17-10(18)3-4-11(19)20;;/h3-6,8-9,14-16,24H,7H2,1-2H3,(H,17,18)(H,19,20)(H,21,22);;/q;2*+1/p-2/b4-3+,6-5+;;. The van der Waals surface area contributed by atoms with Gasteiger partial charge in [0.2, 0.25) is 5.91 Å². The van der Waals surface area contributed by atoms with Crippen LogP contribution in [0.1, 0.15) is 6.92 Å². The van der Waals surface area contributed by atoms with E-state index < -0.39 is 54.3 Å². The van der Waals surface area contributed by atoms with Gasteiger partial charge in [-0.2, -0.15) is 0 Å². The monoisotopic (exact) mass is 431 g/mol. The molecule has 1 aliphatic rings. The number of nitrogens with one attached hydrogen (secondary N) is 1. The van der Waals surface area contributed by atoms with Crippen molar-refractivity contribution in [3.63, 3.8) is 0 Å². The number of esters is 1. The molecule has 29 heavy (non-hydrogen) atoms. The number of rotatable bonds is 8. The molecule has 0 aromatic heterocycles. The van der Waals surface area contributed by atoms with Gasteiger partial charge in [0.15, 0.2) is 6.29 Å². The van der Waals surface area contributed by atoms with E-state index in [0.29, 0.717) is 18.2 Å². The van der Waals surface area contributed by atoms with Crippen molar-refractivity contribution in [3.8, 4) is 0 Å². The summed E-state index contributed by atoms with van der Waals surface area (Å²) in [5, 5.41) is 33.3. The van der Waals surface area contributed by atoms with E-state index in [9.17, 15) is 34.5 Å². The molecular weight excluding hydrogens is 412 g/mol. The fraction of sp³-hybridized carbons (Fsp3) is 0.500. The average Bonchev–Trinajstić information content (AvgIpc) is 2.61. The molecule has 5 unspecified atom stereocenters. The van der Waals surface area contributed by atoms with Crippen LogP contribution in [0, 0.1) is 5.92 Å². The molecule has 0 bridgehead atoms. The third-order valence-electron chi connectivity index (χ3n) is 3.75. The number of hydrogen-bond donors (Lipinski definition) is 2. The number of hydrogen-bond acceptors (Lipinski definition) is 10. The molecule has 1 rings (SSSR count). The van der Waals surface area contributed by atoms with Crippen molar-refractivity contribution < 1.29 is 108 Å². The molecule has 0 spiro atoms. The van der Waals surface area contributed by atoms with Crippen molar-refractivity contribution in [2.45, 2.75) is 31.5 Å². The van der Waals surface area contributed by atoms with Crippen LogP contribution in [0.3, 0.4) is 0 Å². The van der Waals surface area contributed by atoms with Crippen LogP contribution >= 0.6 is 0 Å². The Morgan fingerprint density at radius 2 is 1.62 bits per heavy atom. The van der Waals surface area contributed by atoms with Crippen LogP contribution in [0.25, 0.3) is 0 Å². The molecule has 0 radical (unpaired) electrons. The average molecular weight is 431 g/mol. The number of carbonyl (C=O) groups is 4. The first kappa shape index (κ1) is 30.4. The predicted molar refractivity (Wildman–Crippen MR) is 82.0 cm³/mol. The quantitative estimate of drug-likeness (QED) is 0.213. The van der Waals surface area contributed by atoms with Crippen molar-refractivity contribution in [2.75, 3.05) is 13.7 Å². The van der Waals surface area contributed by atoms with Crippen LogP contribution < -0.4 is 74.6 Å². The minimum absolute atomic E-state index is 0. The Bertz CT molecular complexity index is 635. The Hall–Kier alpha value is -0.760. The fourth-order valence-electron chi connectivity index (χ4n) is 2.34. The Kier molecular flexibility index (Phi) is 15.8. The molecule has 1 saturated heterocycles. The zero-order valence-corrected chi connectivity index (χ0v) is 20.5. The van der Waals surface area contributed by atoms with Crippen LogP contribution in [0.4, 0.5) is 0 Å². The molecule has 0 saturated carbocycles. The maximum absolute atomic E-state index is 11.7. The van der Waals surface area contributed by atoms with Gasteiger partial charge in [-0.15, -0.1) is 0 Å². The summed E-state index contributed by atoms with van der Waals surface area (Å²) in [4.78, 5) is 43.7. The summed E-state index contributed by atoms with van der Waals surface area (Å²) in [7, 11) is 1.26. The fourth-order valence-corrected chi connectivity index (χ4v) is 2.34. The molecule has 0 aromatic rings. The van der Waals surface area contributed by atoms with Crippen LogP contribution in [-0.2, 0) is 33.4 Å². The zero-order valence-electron chi connectivity index (χ0n) is 16.5. The third kappa shape index (κ3) is 10.7. The van der Waals surface area contributed by atoms with Crippen molar-refractivity contribution in [1.29, 1.82) is 0 Å². The molecule has 11 nitrogen and oxygen atoms in total. The molecule has 150 valence electrons. The van der Waals surface area contributed by atoms with Gasteiger partial charge in [-0.25, -0.2) is 4.79 Å². The van der Waals surface area contributed by atoms with E-state index in [4.69, 9.17) is 14.2 Å². The van der Waals surface area contributed by atoms with Gasteiger partial charge in [0.25, 0.3) is 0 Å². The number of carboxylic acids is 2. The van der Waals surface area contributed by atoms with Crippen LogP contribution in [0.5, 0.6) is 0 Å². The minimum Gasteiger partial charge on any atom is -0.545 e. The molecule has 2 N–H and O–H groups in total. The Labute approximate surface area is 211 Å². The maximum atomic E-state index is 11.7. The molecule has 13 heteroatoms. The predicted octanol–water partition coefficient (Wildman–Crippen LogP) is -10.00. The number of amides is 1. The van der Waals surface area contributed by atoms with Gasteiger partial charge in [0, 0.05) is 25.2 Å². The molecule has 1 fully saturated rings. The van der Waals surface area contributed by atoms with Crippen LogP contribution in [0.15, 0.2) is 24.3 Å². The summed E-state index contributed by atoms with van der Waals surface area (Å²) in [5.74, 6) is -5.49. The van der Waals surface area contributed by atoms with Gasteiger partial charge in [-0.3, -0.25) is 4.79 Å². The number of aliphatic hydroxyl groups is 1.